The molecule has 2 heteroatoms. The fraction of sp³-hybridized carbons (Fsp3) is 0.750. The van der Waals surface area contributed by atoms with E-state index in [-0.39, 0.29) is 0 Å². The average Bonchev–Trinajstić information content (AvgIpc) is 2.13. The minimum atomic E-state index is 0.416. The van der Waals surface area contributed by atoms with E-state index in [1.165, 1.54) is 24.8 Å². The number of allylic oxidation sites excluding steroid dienone is 1. The standard InChI is InChI=1S/C12H22O2/c1-11(2)6-4-5-7-12(3)8-9-14-10-13/h8,10-11H,4-7,9H2,1-3H3/b12-8-. The summed E-state index contributed by atoms with van der Waals surface area (Å²) in [5.74, 6) is 0.803. The van der Waals surface area contributed by atoms with Gasteiger partial charge in [-0.15, -0.1) is 0 Å². The summed E-state index contributed by atoms with van der Waals surface area (Å²) in [6, 6.07) is 0. The molecule has 0 amide bonds. The van der Waals surface area contributed by atoms with Crippen molar-refractivity contribution in [3.8, 4) is 0 Å². The molecule has 0 aromatic rings. The molecule has 0 aliphatic rings. The van der Waals surface area contributed by atoms with E-state index in [9.17, 15) is 4.79 Å². The molecule has 14 heavy (non-hydrogen) atoms. The first kappa shape index (κ1) is 13.2. The quantitative estimate of drug-likeness (QED) is 0.340. The lowest BCUT2D eigenvalue weighted by Crippen LogP contribution is -1.90. The third-order valence-corrected chi connectivity index (χ3v) is 2.20. The summed E-state index contributed by atoms with van der Waals surface area (Å²) >= 11 is 0. The monoisotopic (exact) mass is 198 g/mol. The second-order valence-electron chi connectivity index (χ2n) is 4.12. The molecule has 0 aromatic heterocycles. The predicted octanol–water partition coefficient (Wildman–Crippen LogP) is 3.32. The zero-order valence-corrected chi connectivity index (χ0v) is 9.58. The largest absolute Gasteiger partial charge is 0.464 e. The summed E-state index contributed by atoms with van der Waals surface area (Å²) < 4.78 is 4.59. The Morgan fingerprint density at radius 1 is 1.36 bits per heavy atom. The van der Waals surface area contributed by atoms with Gasteiger partial charge in [0.2, 0.25) is 0 Å². The minimum absolute atomic E-state index is 0.416. The van der Waals surface area contributed by atoms with Crippen LogP contribution < -0.4 is 0 Å². The molecule has 0 spiro atoms. The highest BCUT2D eigenvalue weighted by Crippen LogP contribution is 2.11. The van der Waals surface area contributed by atoms with E-state index >= 15 is 0 Å². The molecule has 0 atom stereocenters. The van der Waals surface area contributed by atoms with E-state index in [4.69, 9.17) is 0 Å². The Bertz CT molecular complexity index is 171. The van der Waals surface area contributed by atoms with Gasteiger partial charge in [-0.2, -0.15) is 0 Å². The maximum Gasteiger partial charge on any atom is 0.293 e. The molecule has 0 fully saturated rings. The second-order valence-corrected chi connectivity index (χ2v) is 4.12. The van der Waals surface area contributed by atoms with Gasteiger partial charge in [0.15, 0.2) is 0 Å². The van der Waals surface area contributed by atoms with Crippen molar-refractivity contribution in [2.45, 2.75) is 46.5 Å². The van der Waals surface area contributed by atoms with Crippen LogP contribution in [0.1, 0.15) is 46.5 Å². The van der Waals surface area contributed by atoms with E-state index in [1.807, 2.05) is 6.08 Å². The molecule has 0 saturated carbocycles. The summed E-state index contributed by atoms with van der Waals surface area (Å²) in [7, 11) is 0. The smallest absolute Gasteiger partial charge is 0.293 e. The topological polar surface area (TPSA) is 26.3 Å². The Hall–Kier alpha value is -0.790. The minimum Gasteiger partial charge on any atom is -0.464 e. The van der Waals surface area contributed by atoms with E-state index in [1.54, 1.807) is 0 Å². The van der Waals surface area contributed by atoms with Gasteiger partial charge in [0, 0.05) is 0 Å². The van der Waals surface area contributed by atoms with Crippen molar-refractivity contribution in [1.82, 2.24) is 0 Å². The third-order valence-electron chi connectivity index (χ3n) is 2.20. The van der Waals surface area contributed by atoms with Crippen LogP contribution in [-0.4, -0.2) is 13.1 Å². The highest BCUT2D eigenvalue weighted by Gasteiger charge is 1.95. The first-order chi connectivity index (χ1) is 6.66. The Labute approximate surface area is 87.3 Å². The molecule has 0 N–H and O–H groups in total. The van der Waals surface area contributed by atoms with Crippen LogP contribution >= 0.6 is 0 Å². The van der Waals surface area contributed by atoms with Crippen molar-refractivity contribution < 1.29 is 9.53 Å². The van der Waals surface area contributed by atoms with Crippen molar-refractivity contribution >= 4 is 6.47 Å². The Balaban J connectivity index is 3.38. The summed E-state index contributed by atoms with van der Waals surface area (Å²) in [4.78, 5) is 9.87. The fourth-order valence-corrected chi connectivity index (χ4v) is 1.29. The lowest BCUT2D eigenvalue weighted by Gasteiger charge is -2.04. The molecule has 0 aliphatic carbocycles. The molecule has 82 valence electrons. The summed E-state index contributed by atoms with van der Waals surface area (Å²) in [6.07, 6.45) is 6.93. The van der Waals surface area contributed by atoms with Crippen LogP contribution in [0.2, 0.25) is 0 Å². The molecular weight excluding hydrogens is 176 g/mol. The van der Waals surface area contributed by atoms with Gasteiger partial charge in [0.1, 0.15) is 6.61 Å². The summed E-state index contributed by atoms with van der Waals surface area (Å²) in [6.45, 7) is 7.49. The molecule has 0 unspecified atom stereocenters. The highest BCUT2D eigenvalue weighted by molar-refractivity contribution is 5.37. The van der Waals surface area contributed by atoms with Crippen molar-refractivity contribution in [3.63, 3.8) is 0 Å². The number of hydrogen-bond acceptors (Lipinski definition) is 2. The van der Waals surface area contributed by atoms with Gasteiger partial charge in [0.25, 0.3) is 6.47 Å². The second kappa shape index (κ2) is 8.79. The third kappa shape index (κ3) is 9.30. The van der Waals surface area contributed by atoms with Gasteiger partial charge in [0.05, 0.1) is 0 Å². The Kier molecular flexibility index (Phi) is 8.30. The van der Waals surface area contributed by atoms with Gasteiger partial charge < -0.3 is 4.74 Å². The van der Waals surface area contributed by atoms with E-state index in [0.29, 0.717) is 13.1 Å². The number of ether oxygens (including phenoxy) is 1. The molecule has 2 nitrogen and oxygen atoms in total. The van der Waals surface area contributed by atoms with E-state index < -0.39 is 0 Å². The first-order valence-electron chi connectivity index (χ1n) is 5.37. The lowest BCUT2D eigenvalue weighted by atomic mass is 10.0. The van der Waals surface area contributed by atoms with Gasteiger partial charge >= 0.3 is 0 Å². The molecular formula is C12H22O2. The molecule has 0 saturated heterocycles. The van der Waals surface area contributed by atoms with Crippen LogP contribution in [0.4, 0.5) is 0 Å². The van der Waals surface area contributed by atoms with E-state index in [2.05, 4.69) is 25.5 Å². The molecule has 0 aromatic carbocycles. The lowest BCUT2D eigenvalue weighted by molar-refractivity contribution is -0.127. The number of carbonyl (C=O) groups excluding carboxylic acids is 1. The number of rotatable bonds is 8. The maximum atomic E-state index is 9.87. The average molecular weight is 198 g/mol. The van der Waals surface area contributed by atoms with Crippen LogP contribution in [0, 0.1) is 5.92 Å². The zero-order chi connectivity index (χ0) is 10.8. The first-order valence-corrected chi connectivity index (χ1v) is 5.37. The van der Waals surface area contributed by atoms with Gasteiger partial charge in [-0.3, -0.25) is 4.79 Å². The molecule has 0 heterocycles. The van der Waals surface area contributed by atoms with Crippen molar-refractivity contribution in [1.29, 1.82) is 0 Å². The maximum absolute atomic E-state index is 9.87. The van der Waals surface area contributed by atoms with Crippen LogP contribution in [0.15, 0.2) is 11.6 Å². The SMILES string of the molecule is C/C(=C/COC=O)CCCCC(C)C. The number of hydrogen-bond donors (Lipinski definition) is 0. The number of carbonyl (C=O) groups is 1. The van der Waals surface area contributed by atoms with E-state index in [0.717, 1.165) is 12.3 Å². The van der Waals surface area contributed by atoms with Crippen molar-refractivity contribution in [2.75, 3.05) is 6.61 Å². The molecule has 0 radical (unpaired) electrons. The Morgan fingerprint density at radius 2 is 2.07 bits per heavy atom. The van der Waals surface area contributed by atoms with Crippen molar-refractivity contribution in [2.24, 2.45) is 5.92 Å². The van der Waals surface area contributed by atoms with Crippen LogP contribution in [-0.2, 0) is 9.53 Å². The fourth-order valence-electron chi connectivity index (χ4n) is 1.29. The number of unbranched alkanes of at least 4 members (excludes halogenated alkanes) is 1. The van der Waals surface area contributed by atoms with Gasteiger partial charge in [-0.05, 0) is 31.8 Å². The Morgan fingerprint density at radius 3 is 2.64 bits per heavy atom. The molecule has 0 bridgehead atoms. The summed E-state index contributed by atoms with van der Waals surface area (Å²) in [5.41, 5.74) is 1.32. The predicted molar refractivity (Wildman–Crippen MR) is 59.1 cm³/mol. The molecule has 0 aliphatic heterocycles. The normalized spacial score (nSPS) is 11.9. The van der Waals surface area contributed by atoms with Gasteiger partial charge in [-0.1, -0.05) is 32.3 Å². The highest BCUT2D eigenvalue weighted by atomic mass is 16.5. The van der Waals surface area contributed by atoms with Gasteiger partial charge in [-0.25, -0.2) is 0 Å². The zero-order valence-electron chi connectivity index (χ0n) is 9.58. The van der Waals surface area contributed by atoms with Crippen LogP contribution in [0.3, 0.4) is 0 Å². The summed E-state index contributed by atoms with van der Waals surface area (Å²) in [5, 5.41) is 0. The van der Waals surface area contributed by atoms with Crippen LogP contribution in [0.25, 0.3) is 0 Å². The van der Waals surface area contributed by atoms with Crippen molar-refractivity contribution in [3.05, 3.63) is 11.6 Å². The molecule has 0 rings (SSSR count). The van der Waals surface area contributed by atoms with Crippen LogP contribution in [0.5, 0.6) is 0 Å².